The Hall–Kier alpha value is -3.65. The zero-order valence-electron chi connectivity index (χ0n) is 17.7. The highest BCUT2D eigenvalue weighted by Gasteiger charge is 2.14. The van der Waals surface area contributed by atoms with Crippen LogP contribution in [0.4, 0.5) is 10.5 Å². The molecule has 0 aliphatic carbocycles. The van der Waals surface area contributed by atoms with Crippen LogP contribution < -0.4 is 10.6 Å². The SMILES string of the molecule is Cc1cccc2nc(CNC(=O)Nc3cccc(CS(=O)(=O)Cc4ccccc4)c3)cn12. The van der Waals surface area contributed by atoms with Gasteiger partial charge in [0.25, 0.3) is 0 Å². The Balaban J connectivity index is 1.35. The first-order valence-electron chi connectivity index (χ1n) is 10.2. The van der Waals surface area contributed by atoms with Gasteiger partial charge in [-0.15, -0.1) is 0 Å². The lowest BCUT2D eigenvalue weighted by Gasteiger charge is -2.09. The van der Waals surface area contributed by atoms with E-state index in [4.69, 9.17) is 0 Å². The minimum Gasteiger partial charge on any atom is -0.332 e. The van der Waals surface area contributed by atoms with Gasteiger partial charge >= 0.3 is 6.03 Å². The van der Waals surface area contributed by atoms with Gasteiger partial charge in [0.1, 0.15) is 5.65 Å². The molecule has 0 saturated heterocycles. The van der Waals surface area contributed by atoms with E-state index < -0.39 is 9.84 Å². The maximum atomic E-state index is 12.6. The molecule has 8 heteroatoms. The molecule has 0 bridgehead atoms. The molecule has 0 aliphatic heterocycles. The fourth-order valence-corrected chi connectivity index (χ4v) is 4.99. The van der Waals surface area contributed by atoms with Crippen LogP contribution in [-0.4, -0.2) is 23.8 Å². The van der Waals surface area contributed by atoms with Crippen molar-refractivity contribution in [2.75, 3.05) is 5.32 Å². The van der Waals surface area contributed by atoms with Crippen LogP contribution in [0.1, 0.15) is 22.5 Å². The molecule has 0 aliphatic rings. The van der Waals surface area contributed by atoms with Crippen LogP contribution >= 0.6 is 0 Å². The Bertz CT molecular complexity index is 1350. The Morgan fingerprint density at radius 2 is 1.66 bits per heavy atom. The van der Waals surface area contributed by atoms with Crippen LogP contribution in [0.2, 0.25) is 0 Å². The zero-order chi connectivity index (χ0) is 22.6. The largest absolute Gasteiger partial charge is 0.332 e. The summed E-state index contributed by atoms with van der Waals surface area (Å²) in [6.07, 6.45) is 1.89. The van der Waals surface area contributed by atoms with Gasteiger partial charge in [0.15, 0.2) is 9.84 Å². The summed E-state index contributed by atoms with van der Waals surface area (Å²) in [7, 11) is -3.33. The number of sulfone groups is 1. The first-order chi connectivity index (χ1) is 15.4. The van der Waals surface area contributed by atoms with Crippen LogP contribution in [-0.2, 0) is 27.9 Å². The summed E-state index contributed by atoms with van der Waals surface area (Å²) in [5, 5.41) is 5.54. The molecule has 4 aromatic rings. The van der Waals surface area contributed by atoms with Gasteiger partial charge in [-0.3, -0.25) is 0 Å². The van der Waals surface area contributed by atoms with Crippen molar-refractivity contribution in [1.82, 2.24) is 14.7 Å². The number of aromatic nitrogens is 2. The van der Waals surface area contributed by atoms with E-state index in [1.54, 1.807) is 36.4 Å². The van der Waals surface area contributed by atoms with E-state index in [0.29, 0.717) is 11.3 Å². The quantitative estimate of drug-likeness (QED) is 0.446. The number of amides is 2. The van der Waals surface area contributed by atoms with E-state index >= 15 is 0 Å². The van der Waals surface area contributed by atoms with Gasteiger partial charge in [-0.1, -0.05) is 48.5 Å². The maximum Gasteiger partial charge on any atom is 0.319 e. The molecular weight excluding hydrogens is 424 g/mol. The fraction of sp³-hybridized carbons (Fsp3) is 0.167. The van der Waals surface area contributed by atoms with Gasteiger partial charge in [-0.05, 0) is 42.3 Å². The van der Waals surface area contributed by atoms with Gasteiger partial charge in [-0.25, -0.2) is 18.2 Å². The van der Waals surface area contributed by atoms with E-state index in [2.05, 4.69) is 15.6 Å². The zero-order valence-corrected chi connectivity index (χ0v) is 18.5. The number of carbonyl (C=O) groups excluding carboxylic acids is 1. The number of aryl methyl sites for hydroxylation is 1. The van der Waals surface area contributed by atoms with Crippen LogP contribution in [0.15, 0.2) is 79.0 Å². The number of imidazole rings is 1. The average Bonchev–Trinajstić information content (AvgIpc) is 3.17. The molecule has 2 N–H and O–H groups in total. The molecule has 0 unspecified atom stereocenters. The van der Waals surface area contributed by atoms with Crippen molar-refractivity contribution in [1.29, 1.82) is 0 Å². The van der Waals surface area contributed by atoms with E-state index in [0.717, 1.165) is 22.6 Å². The van der Waals surface area contributed by atoms with Gasteiger partial charge in [0.2, 0.25) is 0 Å². The standard InChI is InChI=1S/C24H24N4O3S/c1-18-7-5-12-23-26-22(15-28(18)23)14-25-24(29)27-21-11-6-10-20(13-21)17-32(30,31)16-19-8-3-2-4-9-19/h2-13,15H,14,16-17H2,1H3,(H2,25,27,29). The van der Waals surface area contributed by atoms with Crippen molar-refractivity contribution in [3.05, 3.63) is 102 Å². The van der Waals surface area contributed by atoms with Gasteiger partial charge in [0, 0.05) is 17.6 Å². The minimum atomic E-state index is -3.33. The number of nitrogens with zero attached hydrogens (tertiary/aromatic N) is 2. The number of hydrogen-bond acceptors (Lipinski definition) is 4. The molecule has 2 heterocycles. The van der Waals surface area contributed by atoms with E-state index in [9.17, 15) is 13.2 Å². The molecule has 2 aromatic heterocycles. The van der Waals surface area contributed by atoms with Crippen LogP contribution in [0.3, 0.4) is 0 Å². The summed E-state index contributed by atoms with van der Waals surface area (Å²) in [5.74, 6) is -0.121. The molecule has 2 aromatic carbocycles. The summed E-state index contributed by atoms with van der Waals surface area (Å²) >= 11 is 0. The summed E-state index contributed by atoms with van der Waals surface area (Å²) in [5.41, 5.74) is 4.53. The minimum absolute atomic E-state index is 0.0233. The summed E-state index contributed by atoms with van der Waals surface area (Å²) in [6, 6.07) is 21.4. The number of rotatable bonds is 7. The lowest BCUT2D eigenvalue weighted by atomic mass is 10.2. The second kappa shape index (κ2) is 9.23. The normalized spacial score (nSPS) is 11.4. The molecule has 0 radical (unpaired) electrons. The number of benzene rings is 2. The highest BCUT2D eigenvalue weighted by Crippen LogP contribution is 2.16. The number of nitrogens with one attached hydrogen (secondary N) is 2. The monoisotopic (exact) mass is 448 g/mol. The Morgan fingerprint density at radius 3 is 2.44 bits per heavy atom. The third-order valence-electron chi connectivity index (χ3n) is 4.98. The van der Waals surface area contributed by atoms with E-state index in [1.165, 1.54) is 0 Å². The molecule has 164 valence electrons. The second-order valence-corrected chi connectivity index (χ2v) is 9.72. The highest BCUT2D eigenvalue weighted by molar-refractivity contribution is 7.89. The van der Waals surface area contributed by atoms with Gasteiger partial charge in [0.05, 0.1) is 23.7 Å². The maximum absolute atomic E-state index is 12.6. The predicted octanol–water partition coefficient (Wildman–Crippen LogP) is 4.08. The first-order valence-corrected chi connectivity index (χ1v) is 12.0. The Morgan fingerprint density at radius 1 is 0.938 bits per heavy atom. The molecule has 7 nitrogen and oxygen atoms in total. The summed E-state index contributed by atoms with van der Waals surface area (Å²) in [6.45, 7) is 2.27. The van der Waals surface area contributed by atoms with Gasteiger partial charge < -0.3 is 15.0 Å². The molecule has 4 rings (SSSR count). The van der Waals surface area contributed by atoms with E-state index in [-0.39, 0.29) is 24.1 Å². The number of urea groups is 1. The molecule has 0 atom stereocenters. The van der Waals surface area contributed by atoms with Gasteiger partial charge in [-0.2, -0.15) is 0 Å². The highest BCUT2D eigenvalue weighted by atomic mass is 32.2. The number of carbonyl (C=O) groups is 1. The Labute approximate surface area is 187 Å². The topological polar surface area (TPSA) is 92.6 Å². The van der Waals surface area contributed by atoms with Crippen LogP contribution in [0.25, 0.3) is 5.65 Å². The number of pyridine rings is 1. The van der Waals surface area contributed by atoms with Crippen molar-refractivity contribution in [3.8, 4) is 0 Å². The predicted molar refractivity (Wildman–Crippen MR) is 125 cm³/mol. The summed E-state index contributed by atoms with van der Waals surface area (Å²) < 4.78 is 27.1. The summed E-state index contributed by atoms with van der Waals surface area (Å²) in [4.78, 5) is 16.8. The Kier molecular flexibility index (Phi) is 6.23. The molecule has 0 saturated carbocycles. The molecule has 0 spiro atoms. The molecule has 2 amide bonds. The second-order valence-electron chi connectivity index (χ2n) is 7.65. The third kappa shape index (κ3) is 5.53. The number of fused-ring (bicyclic) bond motifs is 1. The van der Waals surface area contributed by atoms with Crippen molar-refractivity contribution in [3.63, 3.8) is 0 Å². The van der Waals surface area contributed by atoms with E-state index in [1.807, 2.05) is 53.9 Å². The third-order valence-corrected chi connectivity index (χ3v) is 6.52. The van der Waals surface area contributed by atoms with Crippen LogP contribution in [0.5, 0.6) is 0 Å². The molecule has 0 fully saturated rings. The smallest absolute Gasteiger partial charge is 0.319 e. The number of hydrogen-bond donors (Lipinski definition) is 2. The fourth-order valence-electron chi connectivity index (χ4n) is 3.50. The van der Waals surface area contributed by atoms with Crippen molar-refractivity contribution in [2.24, 2.45) is 0 Å². The number of anilines is 1. The lowest BCUT2D eigenvalue weighted by Crippen LogP contribution is -2.28. The molecular formula is C24H24N4O3S. The average molecular weight is 449 g/mol. The molecule has 32 heavy (non-hydrogen) atoms. The van der Waals surface area contributed by atoms with Crippen molar-refractivity contribution < 1.29 is 13.2 Å². The van der Waals surface area contributed by atoms with Crippen molar-refractivity contribution >= 4 is 27.2 Å². The lowest BCUT2D eigenvalue weighted by molar-refractivity contribution is 0.251. The van der Waals surface area contributed by atoms with Crippen LogP contribution in [0, 0.1) is 6.92 Å². The van der Waals surface area contributed by atoms with Crippen molar-refractivity contribution in [2.45, 2.75) is 25.0 Å². The first kappa shape index (κ1) is 21.6.